The Bertz CT molecular complexity index is 5740. The summed E-state index contributed by atoms with van der Waals surface area (Å²) in [5.74, 6) is 0. The first-order valence-electron chi connectivity index (χ1n) is 33.8. The Morgan fingerprint density at radius 2 is 0.343 bits per heavy atom. The molecule has 0 fully saturated rings. The Morgan fingerprint density at radius 3 is 0.686 bits per heavy atom. The van der Waals surface area contributed by atoms with Gasteiger partial charge in [0, 0.05) is 68.7 Å². The van der Waals surface area contributed by atoms with Gasteiger partial charge in [0.25, 0.3) is 0 Å². The van der Waals surface area contributed by atoms with E-state index in [1.165, 1.54) is 0 Å². The highest BCUT2D eigenvalue weighted by Crippen LogP contribution is 2.42. The average molecular weight is 1310 g/mol. The monoisotopic (exact) mass is 1300 g/mol. The SMILES string of the molecule is c1ccc(-c2ccc(-c3nc(-c4ccccc4)c(-c4cccc(-c5cccc(-c6cc(-c7ccc(-c8nc(-c9ccccc9)c(-c9ccccc9)nc8-c8ccccc8)cc7)cc(-c7ccccn7)n6)n5)c4)nc3-c3ccc(-c4cc(-c5ccccn5)nc(-c5ccccn5)c4)cc3)cc2)cc1. The molecule has 0 unspecified atom stereocenters. The van der Waals surface area contributed by atoms with Crippen molar-refractivity contribution in [2.45, 2.75) is 0 Å². The predicted octanol–water partition coefficient (Wildman–Crippen LogP) is 22.3. The molecule has 0 aliphatic heterocycles. The number of pyridine rings is 6. The van der Waals surface area contributed by atoms with Gasteiger partial charge in [-0.3, -0.25) is 15.0 Å². The number of benzene rings is 9. The molecule has 10 nitrogen and oxygen atoms in total. The van der Waals surface area contributed by atoms with Gasteiger partial charge in [-0.1, -0.05) is 267 Å². The van der Waals surface area contributed by atoms with Crippen LogP contribution >= 0.6 is 0 Å². The lowest BCUT2D eigenvalue weighted by Crippen LogP contribution is -2.01. The van der Waals surface area contributed by atoms with Crippen LogP contribution in [0.1, 0.15) is 0 Å². The minimum Gasteiger partial charge on any atom is -0.255 e. The van der Waals surface area contributed by atoms with Crippen molar-refractivity contribution in [3.63, 3.8) is 0 Å². The molecule has 8 heterocycles. The number of hydrogen-bond acceptors (Lipinski definition) is 10. The van der Waals surface area contributed by atoms with E-state index in [1.807, 2.05) is 152 Å². The lowest BCUT2D eigenvalue weighted by atomic mass is 9.96. The lowest BCUT2D eigenvalue weighted by molar-refractivity contribution is 1.21. The van der Waals surface area contributed by atoms with Gasteiger partial charge in [0.2, 0.25) is 0 Å². The van der Waals surface area contributed by atoms with Crippen molar-refractivity contribution in [3.8, 4) is 180 Å². The van der Waals surface area contributed by atoms with E-state index in [1.54, 1.807) is 18.6 Å². The molecule has 17 rings (SSSR count). The van der Waals surface area contributed by atoms with Crippen LogP contribution in [0.15, 0.2) is 364 Å². The molecule has 0 saturated heterocycles. The van der Waals surface area contributed by atoms with Crippen LogP contribution in [0.5, 0.6) is 0 Å². The van der Waals surface area contributed by atoms with Crippen molar-refractivity contribution in [2.75, 3.05) is 0 Å². The van der Waals surface area contributed by atoms with Crippen LogP contribution in [0.2, 0.25) is 0 Å². The Hall–Kier alpha value is -14.0. The van der Waals surface area contributed by atoms with Gasteiger partial charge in [-0.15, -0.1) is 0 Å². The van der Waals surface area contributed by atoms with Crippen LogP contribution in [0.4, 0.5) is 0 Å². The summed E-state index contributed by atoms with van der Waals surface area (Å²) in [5.41, 5.74) is 27.5. The molecule has 10 heteroatoms. The van der Waals surface area contributed by atoms with Gasteiger partial charge in [-0.25, -0.2) is 34.9 Å². The first-order chi connectivity index (χ1) is 50.5. The van der Waals surface area contributed by atoms with Crippen molar-refractivity contribution in [3.05, 3.63) is 364 Å². The number of rotatable bonds is 16. The lowest BCUT2D eigenvalue weighted by Gasteiger charge is -2.17. The van der Waals surface area contributed by atoms with E-state index in [9.17, 15) is 0 Å². The fourth-order valence-electron chi connectivity index (χ4n) is 13.0. The summed E-state index contributed by atoms with van der Waals surface area (Å²) in [7, 11) is 0. The third-order valence-corrected chi connectivity index (χ3v) is 18.1. The predicted molar refractivity (Wildman–Crippen MR) is 411 cm³/mol. The Labute approximate surface area is 591 Å². The van der Waals surface area contributed by atoms with Gasteiger partial charge in [0.1, 0.15) is 0 Å². The molecule has 0 atom stereocenters. The number of nitrogens with zero attached hydrogens (tertiary/aromatic N) is 10. The fourth-order valence-corrected chi connectivity index (χ4v) is 13.0. The van der Waals surface area contributed by atoms with Gasteiger partial charge >= 0.3 is 0 Å². The maximum absolute atomic E-state index is 5.77. The van der Waals surface area contributed by atoms with Crippen LogP contribution in [-0.2, 0) is 0 Å². The second-order valence-corrected chi connectivity index (χ2v) is 24.7. The van der Waals surface area contributed by atoms with Crippen LogP contribution in [0.25, 0.3) is 180 Å². The zero-order valence-corrected chi connectivity index (χ0v) is 55.1. The molecule has 0 saturated carbocycles. The molecular weight excluding hydrogens is 1250 g/mol. The molecule has 17 aromatic rings. The molecule has 102 heavy (non-hydrogen) atoms. The summed E-state index contributed by atoms with van der Waals surface area (Å²) in [4.78, 5) is 52.4. The van der Waals surface area contributed by atoms with Gasteiger partial charge in [0.05, 0.1) is 96.8 Å². The van der Waals surface area contributed by atoms with Gasteiger partial charge in [-0.05, 0) is 112 Å². The molecule has 0 radical (unpaired) electrons. The summed E-state index contributed by atoms with van der Waals surface area (Å²) < 4.78 is 0. The van der Waals surface area contributed by atoms with Crippen molar-refractivity contribution >= 4 is 0 Å². The summed E-state index contributed by atoms with van der Waals surface area (Å²) in [6.45, 7) is 0. The molecule has 8 aromatic heterocycles. The van der Waals surface area contributed by atoms with E-state index in [4.69, 9.17) is 39.9 Å². The highest BCUT2D eigenvalue weighted by molar-refractivity contribution is 5.91. The minimum atomic E-state index is 0.697. The topological polar surface area (TPSA) is 129 Å². The van der Waals surface area contributed by atoms with Crippen molar-refractivity contribution in [1.82, 2.24) is 49.8 Å². The van der Waals surface area contributed by atoms with E-state index < -0.39 is 0 Å². The standard InChI is InChI=1S/C92H60N10/c1-6-24-61(25-7-1)62-41-47-69(48-42-62)90-91(71-51-43-63(44-52-71)74-57-81(77-36-16-19-53-93-77)97-82(58-74)78-37-17-20-54-94-78)102-92(88(101-90)68-32-14-5-15-33-68)73-35-22-34-72(56-73)76-39-23-40-80(96-76)84-60-75(59-83(98-84)79-38-18-21-55-95-79)64-45-49-70(50-46-64)89-87(67-30-12-4-13-31-67)99-85(65-26-8-2-9-27-65)86(100-89)66-28-10-3-11-29-66/h1-60H. The maximum Gasteiger partial charge on any atom is 0.0973 e. The van der Waals surface area contributed by atoms with Gasteiger partial charge < -0.3 is 0 Å². The Balaban J connectivity index is 0.758. The number of hydrogen-bond donors (Lipinski definition) is 0. The van der Waals surface area contributed by atoms with Gasteiger partial charge in [0.15, 0.2) is 0 Å². The third-order valence-electron chi connectivity index (χ3n) is 18.1. The fraction of sp³-hybridized carbons (Fsp3) is 0. The van der Waals surface area contributed by atoms with Crippen molar-refractivity contribution in [2.24, 2.45) is 0 Å². The third kappa shape index (κ3) is 12.9. The maximum atomic E-state index is 5.77. The highest BCUT2D eigenvalue weighted by Gasteiger charge is 2.24. The van der Waals surface area contributed by atoms with Crippen molar-refractivity contribution < 1.29 is 0 Å². The number of aromatic nitrogens is 10. The van der Waals surface area contributed by atoms with Crippen LogP contribution in [0, 0.1) is 0 Å². The summed E-state index contributed by atoms with van der Waals surface area (Å²) in [6, 6.07) is 118. The van der Waals surface area contributed by atoms with E-state index in [0.29, 0.717) is 11.4 Å². The largest absolute Gasteiger partial charge is 0.255 e. The molecule has 9 aromatic carbocycles. The van der Waals surface area contributed by atoms with Gasteiger partial charge in [-0.2, -0.15) is 0 Å². The Kier molecular flexibility index (Phi) is 16.8. The molecule has 0 spiro atoms. The molecule has 0 aliphatic rings. The van der Waals surface area contributed by atoms with Crippen LogP contribution in [0.3, 0.4) is 0 Å². The summed E-state index contributed by atoms with van der Waals surface area (Å²) >= 11 is 0. The van der Waals surface area contributed by atoms with E-state index in [-0.39, 0.29) is 0 Å². The first-order valence-corrected chi connectivity index (χ1v) is 33.8. The summed E-state index contributed by atoms with van der Waals surface area (Å²) in [6.07, 6.45) is 5.38. The molecular formula is C92H60N10. The zero-order chi connectivity index (χ0) is 68.0. The highest BCUT2D eigenvalue weighted by atomic mass is 14.9. The minimum absolute atomic E-state index is 0.697. The average Bonchev–Trinajstić information content (AvgIpc) is 0.771. The van der Waals surface area contributed by atoms with Crippen molar-refractivity contribution in [1.29, 1.82) is 0 Å². The van der Waals surface area contributed by atoms with Crippen LogP contribution in [-0.4, -0.2) is 49.8 Å². The molecule has 0 bridgehead atoms. The second kappa shape index (κ2) is 27.9. The second-order valence-electron chi connectivity index (χ2n) is 24.7. The Morgan fingerprint density at radius 1 is 0.118 bits per heavy atom. The molecule has 0 amide bonds. The van der Waals surface area contributed by atoms with E-state index in [0.717, 1.165) is 169 Å². The molecule has 0 N–H and O–H groups in total. The van der Waals surface area contributed by atoms with E-state index in [2.05, 4.69) is 204 Å². The zero-order valence-electron chi connectivity index (χ0n) is 55.1. The summed E-state index contributed by atoms with van der Waals surface area (Å²) in [5, 5.41) is 0. The van der Waals surface area contributed by atoms with Crippen LogP contribution < -0.4 is 0 Å². The first kappa shape index (κ1) is 61.6. The normalized spacial score (nSPS) is 11.1. The molecule has 0 aliphatic carbocycles. The smallest absolute Gasteiger partial charge is 0.0973 e. The molecule has 478 valence electrons. The quantitative estimate of drug-likeness (QED) is 0.0922. The van der Waals surface area contributed by atoms with E-state index >= 15 is 0 Å².